The first-order valence-electron chi connectivity index (χ1n) is 7.20. The van der Waals surface area contributed by atoms with Crippen molar-refractivity contribution in [2.75, 3.05) is 32.8 Å². The van der Waals surface area contributed by atoms with Gasteiger partial charge in [0.05, 0.1) is 0 Å². The van der Waals surface area contributed by atoms with Gasteiger partial charge >= 0.3 is 6.03 Å². The van der Waals surface area contributed by atoms with Crippen LogP contribution in [0.4, 0.5) is 4.79 Å². The Hall–Kier alpha value is -0.770. The van der Waals surface area contributed by atoms with Crippen LogP contribution < -0.4 is 5.32 Å². The Bertz CT molecular complexity index is 244. The van der Waals surface area contributed by atoms with E-state index in [0.29, 0.717) is 18.4 Å². The van der Waals surface area contributed by atoms with Crippen LogP contribution in [0.25, 0.3) is 0 Å². The van der Waals surface area contributed by atoms with Crippen LogP contribution in [0.3, 0.4) is 0 Å². The summed E-state index contributed by atoms with van der Waals surface area (Å²) in [6, 6.07) is 0.0883. The van der Waals surface area contributed by atoms with Crippen molar-refractivity contribution in [2.24, 2.45) is 11.8 Å². The van der Waals surface area contributed by atoms with Gasteiger partial charge in [-0.2, -0.15) is 0 Å². The lowest BCUT2D eigenvalue weighted by Crippen LogP contribution is -2.45. The molecule has 0 saturated carbocycles. The fraction of sp³-hybridized carbons (Fsp3) is 0.929. The minimum absolute atomic E-state index is 0.0883. The Morgan fingerprint density at radius 3 is 2.94 bits per heavy atom. The molecule has 0 aromatic rings. The predicted octanol–water partition coefficient (Wildman–Crippen LogP) is 2.49. The van der Waals surface area contributed by atoms with Gasteiger partial charge in [0, 0.05) is 32.8 Å². The molecule has 1 heterocycles. The number of nitrogens with one attached hydrogen (secondary N) is 1. The van der Waals surface area contributed by atoms with Crippen LogP contribution in [-0.2, 0) is 4.74 Å². The van der Waals surface area contributed by atoms with E-state index in [4.69, 9.17) is 4.74 Å². The number of hydrogen-bond donors (Lipinski definition) is 1. The summed E-state index contributed by atoms with van der Waals surface area (Å²) in [7, 11) is 0. The van der Waals surface area contributed by atoms with E-state index in [-0.39, 0.29) is 6.03 Å². The van der Waals surface area contributed by atoms with Crippen molar-refractivity contribution >= 4 is 6.03 Å². The molecule has 106 valence electrons. The normalized spacial score (nSPS) is 20.2. The molecule has 1 unspecified atom stereocenters. The van der Waals surface area contributed by atoms with Gasteiger partial charge in [0.1, 0.15) is 0 Å². The molecular formula is C14H28N2O2. The maximum Gasteiger partial charge on any atom is 0.317 e. The van der Waals surface area contributed by atoms with Crippen molar-refractivity contribution in [1.29, 1.82) is 0 Å². The Morgan fingerprint density at radius 2 is 2.28 bits per heavy atom. The highest BCUT2D eigenvalue weighted by Gasteiger charge is 2.20. The monoisotopic (exact) mass is 256 g/mol. The van der Waals surface area contributed by atoms with Crippen molar-refractivity contribution in [1.82, 2.24) is 10.2 Å². The van der Waals surface area contributed by atoms with E-state index in [1.54, 1.807) is 0 Å². The summed E-state index contributed by atoms with van der Waals surface area (Å²) in [4.78, 5) is 13.8. The molecule has 0 aromatic carbocycles. The quantitative estimate of drug-likeness (QED) is 0.742. The first-order valence-corrected chi connectivity index (χ1v) is 7.20. The molecule has 2 amide bonds. The van der Waals surface area contributed by atoms with Crippen molar-refractivity contribution in [3.05, 3.63) is 0 Å². The second-order valence-corrected chi connectivity index (χ2v) is 5.75. The maximum atomic E-state index is 11.9. The van der Waals surface area contributed by atoms with Gasteiger partial charge in [-0.05, 0) is 31.1 Å². The number of likely N-dealkylation sites (tertiary alicyclic amines) is 1. The van der Waals surface area contributed by atoms with E-state index in [2.05, 4.69) is 26.1 Å². The zero-order valence-corrected chi connectivity index (χ0v) is 12.1. The second kappa shape index (κ2) is 8.35. The van der Waals surface area contributed by atoms with Crippen LogP contribution in [0.1, 0.15) is 40.0 Å². The van der Waals surface area contributed by atoms with Crippen LogP contribution in [0.2, 0.25) is 0 Å². The van der Waals surface area contributed by atoms with Crippen LogP contribution in [-0.4, -0.2) is 43.8 Å². The molecule has 0 aromatic heterocycles. The molecule has 0 bridgehead atoms. The molecule has 1 N–H and O–H groups in total. The van der Waals surface area contributed by atoms with Crippen LogP contribution in [0.15, 0.2) is 0 Å². The third-order valence-electron chi connectivity index (χ3n) is 3.14. The number of urea groups is 1. The summed E-state index contributed by atoms with van der Waals surface area (Å²) in [5.41, 5.74) is 0. The Labute approximate surface area is 111 Å². The molecule has 4 nitrogen and oxygen atoms in total. The summed E-state index contributed by atoms with van der Waals surface area (Å²) in [6.45, 7) is 10.5. The SMILES string of the molecule is CC(C)COCCCNC(=O)N1CCCC(C)C1. The minimum Gasteiger partial charge on any atom is -0.381 e. The topological polar surface area (TPSA) is 41.6 Å². The van der Waals surface area contributed by atoms with Gasteiger partial charge in [-0.15, -0.1) is 0 Å². The van der Waals surface area contributed by atoms with E-state index in [9.17, 15) is 4.79 Å². The number of piperidine rings is 1. The molecule has 1 aliphatic heterocycles. The number of amides is 2. The van der Waals surface area contributed by atoms with Crippen molar-refractivity contribution < 1.29 is 9.53 Å². The lowest BCUT2D eigenvalue weighted by molar-refractivity contribution is 0.107. The van der Waals surface area contributed by atoms with Crippen molar-refractivity contribution in [3.63, 3.8) is 0 Å². The maximum absolute atomic E-state index is 11.9. The molecule has 1 rings (SSSR count). The summed E-state index contributed by atoms with van der Waals surface area (Å²) in [5.74, 6) is 1.22. The van der Waals surface area contributed by atoms with E-state index >= 15 is 0 Å². The largest absolute Gasteiger partial charge is 0.381 e. The van der Waals surface area contributed by atoms with E-state index in [1.807, 2.05) is 4.90 Å². The van der Waals surface area contributed by atoms with Crippen molar-refractivity contribution in [3.8, 4) is 0 Å². The minimum atomic E-state index is 0.0883. The highest BCUT2D eigenvalue weighted by atomic mass is 16.5. The third-order valence-corrected chi connectivity index (χ3v) is 3.14. The highest BCUT2D eigenvalue weighted by Crippen LogP contribution is 2.15. The fourth-order valence-electron chi connectivity index (χ4n) is 2.17. The number of carbonyl (C=O) groups excluding carboxylic acids is 1. The molecule has 0 aliphatic carbocycles. The Morgan fingerprint density at radius 1 is 1.50 bits per heavy atom. The molecule has 1 saturated heterocycles. The molecule has 1 atom stereocenters. The molecule has 0 spiro atoms. The van der Waals surface area contributed by atoms with Gasteiger partial charge < -0.3 is 15.0 Å². The van der Waals surface area contributed by atoms with Gasteiger partial charge in [-0.1, -0.05) is 20.8 Å². The smallest absolute Gasteiger partial charge is 0.317 e. The summed E-state index contributed by atoms with van der Waals surface area (Å²) in [5, 5.41) is 2.97. The Kier molecular flexibility index (Phi) is 7.09. The molecule has 1 aliphatic rings. The predicted molar refractivity (Wildman–Crippen MR) is 73.6 cm³/mol. The van der Waals surface area contributed by atoms with Gasteiger partial charge in [-0.25, -0.2) is 4.79 Å². The third kappa shape index (κ3) is 6.24. The van der Waals surface area contributed by atoms with Crippen molar-refractivity contribution in [2.45, 2.75) is 40.0 Å². The number of hydrogen-bond acceptors (Lipinski definition) is 2. The van der Waals surface area contributed by atoms with Gasteiger partial charge in [-0.3, -0.25) is 0 Å². The van der Waals surface area contributed by atoms with E-state index in [1.165, 1.54) is 6.42 Å². The van der Waals surface area contributed by atoms with Gasteiger partial charge in [0.15, 0.2) is 0 Å². The second-order valence-electron chi connectivity index (χ2n) is 5.75. The average Bonchev–Trinajstić information content (AvgIpc) is 2.33. The fourth-order valence-corrected chi connectivity index (χ4v) is 2.17. The number of carbonyl (C=O) groups is 1. The van der Waals surface area contributed by atoms with Gasteiger partial charge in [0.2, 0.25) is 0 Å². The number of nitrogens with zero attached hydrogens (tertiary/aromatic N) is 1. The molecule has 1 fully saturated rings. The molecule has 18 heavy (non-hydrogen) atoms. The Balaban J connectivity index is 2.02. The average molecular weight is 256 g/mol. The zero-order valence-electron chi connectivity index (χ0n) is 12.1. The summed E-state index contributed by atoms with van der Waals surface area (Å²) < 4.78 is 5.47. The molecular weight excluding hydrogens is 228 g/mol. The lowest BCUT2D eigenvalue weighted by Gasteiger charge is -2.30. The number of ether oxygens (including phenoxy) is 1. The first-order chi connectivity index (χ1) is 8.59. The first kappa shape index (κ1) is 15.3. The molecule has 0 radical (unpaired) electrons. The lowest BCUT2D eigenvalue weighted by atomic mass is 10.0. The van der Waals surface area contributed by atoms with Crippen LogP contribution in [0, 0.1) is 11.8 Å². The summed E-state index contributed by atoms with van der Waals surface area (Å²) in [6.07, 6.45) is 3.26. The van der Waals surface area contributed by atoms with Crippen LogP contribution >= 0.6 is 0 Å². The summed E-state index contributed by atoms with van der Waals surface area (Å²) >= 11 is 0. The number of rotatable bonds is 6. The van der Waals surface area contributed by atoms with Crippen LogP contribution in [0.5, 0.6) is 0 Å². The van der Waals surface area contributed by atoms with E-state index in [0.717, 1.165) is 39.1 Å². The van der Waals surface area contributed by atoms with Gasteiger partial charge in [0.25, 0.3) is 0 Å². The standard InChI is InChI=1S/C14H28N2O2/c1-12(2)11-18-9-5-7-15-14(17)16-8-4-6-13(3)10-16/h12-13H,4-11H2,1-3H3,(H,15,17). The molecule has 4 heteroatoms. The zero-order chi connectivity index (χ0) is 13.4. The van der Waals surface area contributed by atoms with E-state index < -0.39 is 0 Å². The highest BCUT2D eigenvalue weighted by molar-refractivity contribution is 5.74.